The van der Waals surface area contributed by atoms with Crippen molar-refractivity contribution in [3.8, 4) is 0 Å². The first-order valence-corrected chi connectivity index (χ1v) is 7.29. The van der Waals surface area contributed by atoms with Crippen molar-refractivity contribution in [3.63, 3.8) is 0 Å². The zero-order chi connectivity index (χ0) is 15.8. The monoisotopic (exact) mass is 303 g/mol. The molecule has 1 aliphatic heterocycles. The lowest BCUT2D eigenvalue weighted by Crippen LogP contribution is -2.13. The summed E-state index contributed by atoms with van der Waals surface area (Å²) in [6, 6.07) is 16.6. The Hall–Kier alpha value is -3.21. The Kier molecular flexibility index (Phi) is 3.05. The Morgan fingerprint density at radius 3 is 2.87 bits per heavy atom. The fourth-order valence-electron chi connectivity index (χ4n) is 2.69. The van der Waals surface area contributed by atoms with Crippen molar-refractivity contribution in [2.24, 2.45) is 0 Å². The number of hydrogen-bond donors (Lipinski definition) is 2. The zero-order valence-corrected chi connectivity index (χ0v) is 12.2. The van der Waals surface area contributed by atoms with Gasteiger partial charge in [-0.3, -0.25) is 9.59 Å². The van der Waals surface area contributed by atoms with E-state index in [2.05, 4.69) is 15.6 Å². The third kappa shape index (κ3) is 2.53. The lowest BCUT2D eigenvalue weighted by Gasteiger charge is -2.07. The van der Waals surface area contributed by atoms with Gasteiger partial charge in [0.25, 0.3) is 5.91 Å². The molecule has 0 spiro atoms. The van der Waals surface area contributed by atoms with Crippen LogP contribution >= 0.6 is 0 Å². The van der Waals surface area contributed by atoms with Gasteiger partial charge in [0, 0.05) is 16.8 Å². The highest BCUT2D eigenvalue weighted by atomic mass is 16.2. The van der Waals surface area contributed by atoms with E-state index >= 15 is 0 Å². The molecule has 2 heterocycles. The second-order valence-electron chi connectivity index (χ2n) is 5.44. The number of aromatic nitrogens is 1. The summed E-state index contributed by atoms with van der Waals surface area (Å²) in [6.45, 7) is 0. The minimum absolute atomic E-state index is 0.0281. The molecule has 0 fully saturated rings. The minimum atomic E-state index is -0.270. The van der Waals surface area contributed by atoms with Crippen LogP contribution < -0.4 is 10.6 Å². The maximum absolute atomic E-state index is 12.4. The number of carbonyl (C=O) groups is 2. The van der Waals surface area contributed by atoms with Gasteiger partial charge in [-0.25, -0.2) is 4.98 Å². The second-order valence-corrected chi connectivity index (χ2v) is 5.44. The summed E-state index contributed by atoms with van der Waals surface area (Å²) >= 11 is 0. The first-order chi connectivity index (χ1) is 11.2. The van der Waals surface area contributed by atoms with Crippen molar-refractivity contribution in [1.29, 1.82) is 0 Å². The van der Waals surface area contributed by atoms with Crippen LogP contribution in [0.4, 0.5) is 11.4 Å². The summed E-state index contributed by atoms with van der Waals surface area (Å²) in [5, 5.41) is 6.58. The third-order valence-electron chi connectivity index (χ3n) is 3.82. The molecule has 112 valence electrons. The molecular weight excluding hydrogens is 290 g/mol. The van der Waals surface area contributed by atoms with Gasteiger partial charge in [-0.2, -0.15) is 0 Å². The van der Waals surface area contributed by atoms with E-state index in [4.69, 9.17) is 0 Å². The van der Waals surface area contributed by atoms with Crippen LogP contribution in [0.1, 0.15) is 16.1 Å². The van der Waals surface area contributed by atoms with E-state index in [-0.39, 0.29) is 11.8 Å². The number of pyridine rings is 1. The Labute approximate surface area is 132 Å². The molecule has 0 unspecified atom stereocenters. The normalized spacial score (nSPS) is 12.8. The molecule has 0 saturated heterocycles. The average Bonchev–Trinajstić information content (AvgIpc) is 2.93. The van der Waals surface area contributed by atoms with E-state index < -0.39 is 0 Å². The van der Waals surface area contributed by atoms with Crippen LogP contribution in [-0.2, 0) is 11.2 Å². The van der Waals surface area contributed by atoms with E-state index in [9.17, 15) is 9.59 Å². The highest BCUT2D eigenvalue weighted by Gasteiger charge is 2.18. The Morgan fingerprint density at radius 1 is 1.09 bits per heavy atom. The van der Waals surface area contributed by atoms with Crippen molar-refractivity contribution >= 4 is 34.1 Å². The van der Waals surface area contributed by atoms with Crippen molar-refractivity contribution in [2.75, 3.05) is 10.6 Å². The molecule has 3 aromatic rings. The Bertz CT molecular complexity index is 950. The summed E-state index contributed by atoms with van der Waals surface area (Å²) in [7, 11) is 0. The number of benzene rings is 2. The van der Waals surface area contributed by atoms with Gasteiger partial charge < -0.3 is 10.6 Å². The molecule has 23 heavy (non-hydrogen) atoms. The van der Waals surface area contributed by atoms with E-state index in [0.717, 1.165) is 22.2 Å². The maximum atomic E-state index is 12.4. The van der Waals surface area contributed by atoms with Crippen LogP contribution in [0, 0.1) is 0 Å². The standard InChI is InChI=1S/C18H13N3O2/c22-17-10-12-9-13(6-8-15(12)21-17)19-18(23)16-7-5-11-3-1-2-4-14(11)20-16/h1-9H,10H2,(H,19,23)(H,21,22). The summed E-state index contributed by atoms with van der Waals surface area (Å²) in [6.07, 6.45) is 0.341. The number of nitrogens with one attached hydrogen (secondary N) is 2. The summed E-state index contributed by atoms with van der Waals surface area (Å²) in [5.41, 5.74) is 3.48. The summed E-state index contributed by atoms with van der Waals surface area (Å²) in [5.74, 6) is -0.298. The number of amides is 2. The lowest BCUT2D eigenvalue weighted by atomic mass is 10.1. The Balaban J connectivity index is 1.59. The fraction of sp³-hybridized carbons (Fsp3) is 0.0556. The van der Waals surface area contributed by atoms with Gasteiger partial charge in [-0.05, 0) is 35.9 Å². The number of para-hydroxylation sites is 1. The molecule has 1 aromatic heterocycles. The summed E-state index contributed by atoms with van der Waals surface area (Å²) < 4.78 is 0. The largest absolute Gasteiger partial charge is 0.326 e. The highest BCUT2D eigenvalue weighted by Crippen LogP contribution is 2.26. The molecule has 2 N–H and O–H groups in total. The van der Waals surface area contributed by atoms with Crippen LogP contribution in [-0.4, -0.2) is 16.8 Å². The molecule has 0 saturated carbocycles. The maximum Gasteiger partial charge on any atom is 0.274 e. The van der Waals surface area contributed by atoms with Gasteiger partial charge in [0.15, 0.2) is 0 Å². The van der Waals surface area contributed by atoms with Gasteiger partial charge in [0.1, 0.15) is 5.69 Å². The van der Waals surface area contributed by atoms with Gasteiger partial charge in [-0.1, -0.05) is 24.3 Å². The number of anilines is 2. The van der Waals surface area contributed by atoms with Crippen molar-refractivity contribution in [3.05, 3.63) is 65.9 Å². The lowest BCUT2D eigenvalue weighted by molar-refractivity contribution is -0.115. The SMILES string of the molecule is O=C1Cc2cc(NC(=O)c3ccc4ccccc4n3)ccc2N1. The molecule has 2 aromatic carbocycles. The molecule has 2 amide bonds. The predicted molar refractivity (Wildman–Crippen MR) is 88.5 cm³/mol. The predicted octanol–water partition coefficient (Wildman–Crippen LogP) is 2.98. The third-order valence-corrected chi connectivity index (χ3v) is 3.82. The van der Waals surface area contributed by atoms with E-state index in [1.807, 2.05) is 36.4 Å². The van der Waals surface area contributed by atoms with Gasteiger partial charge in [-0.15, -0.1) is 0 Å². The topological polar surface area (TPSA) is 71.1 Å². The number of carbonyl (C=O) groups excluding carboxylic acids is 2. The molecule has 0 bridgehead atoms. The van der Waals surface area contributed by atoms with Gasteiger partial charge in [0.2, 0.25) is 5.91 Å². The van der Waals surface area contributed by atoms with Crippen LogP contribution in [0.3, 0.4) is 0 Å². The van der Waals surface area contributed by atoms with Gasteiger partial charge in [0.05, 0.1) is 11.9 Å². The number of hydrogen-bond acceptors (Lipinski definition) is 3. The highest BCUT2D eigenvalue weighted by molar-refractivity contribution is 6.05. The first kappa shape index (κ1) is 13.5. The quantitative estimate of drug-likeness (QED) is 0.764. The van der Waals surface area contributed by atoms with E-state index in [1.54, 1.807) is 18.2 Å². The smallest absolute Gasteiger partial charge is 0.274 e. The fourth-order valence-corrected chi connectivity index (χ4v) is 2.69. The van der Waals surface area contributed by atoms with E-state index in [0.29, 0.717) is 17.8 Å². The van der Waals surface area contributed by atoms with E-state index in [1.165, 1.54) is 0 Å². The summed E-state index contributed by atoms with van der Waals surface area (Å²) in [4.78, 5) is 28.1. The second kappa shape index (κ2) is 5.21. The number of fused-ring (bicyclic) bond motifs is 2. The Morgan fingerprint density at radius 2 is 1.96 bits per heavy atom. The molecule has 5 heteroatoms. The van der Waals surface area contributed by atoms with Crippen LogP contribution in [0.25, 0.3) is 10.9 Å². The molecule has 0 aliphatic carbocycles. The molecule has 0 radical (unpaired) electrons. The van der Waals surface area contributed by atoms with Crippen LogP contribution in [0.15, 0.2) is 54.6 Å². The molecule has 0 atom stereocenters. The molecule has 1 aliphatic rings. The minimum Gasteiger partial charge on any atom is -0.326 e. The van der Waals surface area contributed by atoms with Crippen molar-refractivity contribution in [2.45, 2.75) is 6.42 Å². The number of rotatable bonds is 2. The van der Waals surface area contributed by atoms with Crippen LogP contribution in [0.5, 0.6) is 0 Å². The van der Waals surface area contributed by atoms with Crippen LogP contribution in [0.2, 0.25) is 0 Å². The first-order valence-electron chi connectivity index (χ1n) is 7.29. The van der Waals surface area contributed by atoms with Crippen molar-refractivity contribution in [1.82, 2.24) is 4.98 Å². The zero-order valence-electron chi connectivity index (χ0n) is 12.2. The molecule has 4 rings (SSSR count). The average molecular weight is 303 g/mol. The number of nitrogens with zero attached hydrogens (tertiary/aromatic N) is 1. The molecule has 5 nitrogen and oxygen atoms in total. The van der Waals surface area contributed by atoms with Gasteiger partial charge >= 0.3 is 0 Å². The molecular formula is C18H13N3O2. The van der Waals surface area contributed by atoms with Crippen molar-refractivity contribution < 1.29 is 9.59 Å².